The summed E-state index contributed by atoms with van der Waals surface area (Å²) in [7, 11) is 0. The van der Waals surface area contributed by atoms with Gasteiger partial charge < -0.3 is 11.1 Å². The van der Waals surface area contributed by atoms with Crippen molar-refractivity contribution < 1.29 is 0 Å². The SMILES string of the molecule is Nc1ccccc1NC1CC=CC1. The molecule has 1 aromatic carbocycles. The average molecular weight is 174 g/mol. The smallest absolute Gasteiger partial charge is 0.0576 e. The zero-order valence-electron chi connectivity index (χ0n) is 7.53. The highest BCUT2D eigenvalue weighted by Gasteiger charge is 2.10. The van der Waals surface area contributed by atoms with E-state index in [4.69, 9.17) is 5.73 Å². The predicted molar refractivity (Wildman–Crippen MR) is 56.6 cm³/mol. The summed E-state index contributed by atoms with van der Waals surface area (Å²) in [6.07, 6.45) is 6.62. The molecule has 0 bridgehead atoms. The molecule has 0 heterocycles. The van der Waals surface area contributed by atoms with Crippen LogP contribution in [0.5, 0.6) is 0 Å². The fourth-order valence-electron chi connectivity index (χ4n) is 1.58. The van der Waals surface area contributed by atoms with Crippen LogP contribution >= 0.6 is 0 Å². The highest BCUT2D eigenvalue weighted by atomic mass is 14.9. The quantitative estimate of drug-likeness (QED) is 0.533. The van der Waals surface area contributed by atoms with Crippen molar-refractivity contribution in [3.8, 4) is 0 Å². The van der Waals surface area contributed by atoms with E-state index in [0.717, 1.165) is 24.2 Å². The summed E-state index contributed by atoms with van der Waals surface area (Å²) in [6, 6.07) is 8.43. The number of nitrogen functional groups attached to an aromatic ring is 1. The fraction of sp³-hybridized carbons (Fsp3) is 0.273. The van der Waals surface area contributed by atoms with Gasteiger partial charge in [0.2, 0.25) is 0 Å². The van der Waals surface area contributed by atoms with Crippen LogP contribution in [0.1, 0.15) is 12.8 Å². The van der Waals surface area contributed by atoms with Crippen molar-refractivity contribution in [3.63, 3.8) is 0 Å². The van der Waals surface area contributed by atoms with Gasteiger partial charge in [-0.25, -0.2) is 0 Å². The third-order valence-electron chi connectivity index (χ3n) is 2.33. The van der Waals surface area contributed by atoms with Crippen molar-refractivity contribution in [3.05, 3.63) is 36.4 Å². The third-order valence-corrected chi connectivity index (χ3v) is 2.33. The molecule has 0 radical (unpaired) electrons. The van der Waals surface area contributed by atoms with Crippen LogP contribution < -0.4 is 11.1 Å². The van der Waals surface area contributed by atoms with E-state index in [1.165, 1.54) is 0 Å². The average Bonchev–Trinajstić information content (AvgIpc) is 2.61. The Bertz CT molecular complexity index is 310. The molecule has 0 aliphatic heterocycles. The Morgan fingerprint density at radius 2 is 1.85 bits per heavy atom. The minimum Gasteiger partial charge on any atom is -0.397 e. The van der Waals surface area contributed by atoms with Crippen LogP contribution in [0.2, 0.25) is 0 Å². The monoisotopic (exact) mass is 174 g/mol. The van der Waals surface area contributed by atoms with Crippen LogP contribution in [0, 0.1) is 0 Å². The molecular weight excluding hydrogens is 160 g/mol. The molecule has 3 N–H and O–H groups in total. The standard InChI is InChI=1S/C11H14N2/c12-10-7-3-4-8-11(10)13-9-5-1-2-6-9/h1-4,7-9,13H,5-6,12H2. The molecule has 68 valence electrons. The van der Waals surface area contributed by atoms with Crippen molar-refractivity contribution in [2.75, 3.05) is 11.1 Å². The summed E-state index contributed by atoms with van der Waals surface area (Å²) in [4.78, 5) is 0. The molecule has 0 atom stereocenters. The maximum absolute atomic E-state index is 5.82. The second-order valence-electron chi connectivity index (χ2n) is 3.37. The molecule has 13 heavy (non-hydrogen) atoms. The van der Waals surface area contributed by atoms with E-state index >= 15 is 0 Å². The van der Waals surface area contributed by atoms with Gasteiger partial charge in [-0.3, -0.25) is 0 Å². The first kappa shape index (κ1) is 8.17. The molecule has 0 saturated heterocycles. The zero-order chi connectivity index (χ0) is 9.10. The zero-order valence-corrected chi connectivity index (χ0v) is 7.53. The van der Waals surface area contributed by atoms with Crippen LogP contribution in [-0.4, -0.2) is 6.04 Å². The first-order chi connectivity index (χ1) is 6.36. The molecule has 0 unspecified atom stereocenters. The largest absolute Gasteiger partial charge is 0.397 e. The first-order valence-electron chi connectivity index (χ1n) is 4.62. The minimum atomic E-state index is 0.532. The Hall–Kier alpha value is -1.44. The Labute approximate surface area is 78.5 Å². The van der Waals surface area contributed by atoms with E-state index in [1.54, 1.807) is 0 Å². The molecular formula is C11H14N2. The van der Waals surface area contributed by atoms with E-state index < -0.39 is 0 Å². The lowest BCUT2D eigenvalue weighted by Gasteiger charge is -2.14. The van der Waals surface area contributed by atoms with Crippen molar-refractivity contribution in [2.24, 2.45) is 0 Å². The van der Waals surface area contributed by atoms with Gasteiger partial charge in [0.15, 0.2) is 0 Å². The Morgan fingerprint density at radius 1 is 1.15 bits per heavy atom. The number of anilines is 2. The number of hydrogen-bond donors (Lipinski definition) is 2. The third kappa shape index (κ3) is 1.83. The lowest BCUT2D eigenvalue weighted by atomic mass is 10.2. The van der Waals surface area contributed by atoms with E-state index in [2.05, 4.69) is 17.5 Å². The van der Waals surface area contributed by atoms with Gasteiger partial charge in [0.1, 0.15) is 0 Å². The van der Waals surface area contributed by atoms with Gasteiger partial charge in [0.05, 0.1) is 11.4 Å². The number of benzene rings is 1. The van der Waals surface area contributed by atoms with Crippen molar-refractivity contribution >= 4 is 11.4 Å². The van der Waals surface area contributed by atoms with Gasteiger partial charge in [-0.05, 0) is 25.0 Å². The van der Waals surface area contributed by atoms with Crippen molar-refractivity contribution in [2.45, 2.75) is 18.9 Å². The fourth-order valence-corrected chi connectivity index (χ4v) is 1.58. The molecule has 1 aliphatic rings. The van der Waals surface area contributed by atoms with Crippen LogP contribution in [0.4, 0.5) is 11.4 Å². The van der Waals surface area contributed by atoms with Gasteiger partial charge in [-0.15, -0.1) is 0 Å². The normalized spacial score (nSPS) is 16.3. The molecule has 2 nitrogen and oxygen atoms in total. The second kappa shape index (κ2) is 3.52. The molecule has 0 amide bonds. The Morgan fingerprint density at radius 3 is 2.54 bits per heavy atom. The topological polar surface area (TPSA) is 38.0 Å². The van der Waals surface area contributed by atoms with Gasteiger partial charge in [0, 0.05) is 6.04 Å². The van der Waals surface area contributed by atoms with Gasteiger partial charge in [0.25, 0.3) is 0 Å². The van der Waals surface area contributed by atoms with Crippen LogP contribution in [0.15, 0.2) is 36.4 Å². The van der Waals surface area contributed by atoms with Gasteiger partial charge in [-0.1, -0.05) is 24.3 Å². The summed E-state index contributed by atoms with van der Waals surface area (Å²) >= 11 is 0. The summed E-state index contributed by atoms with van der Waals surface area (Å²) < 4.78 is 0. The maximum Gasteiger partial charge on any atom is 0.0576 e. The van der Waals surface area contributed by atoms with E-state index in [9.17, 15) is 0 Å². The molecule has 0 saturated carbocycles. The number of hydrogen-bond acceptors (Lipinski definition) is 2. The number of nitrogens with one attached hydrogen (secondary N) is 1. The second-order valence-corrected chi connectivity index (χ2v) is 3.37. The van der Waals surface area contributed by atoms with Crippen molar-refractivity contribution in [1.82, 2.24) is 0 Å². The van der Waals surface area contributed by atoms with Crippen molar-refractivity contribution in [1.29, 1.82) is 0 Å². The molecule has 1 aliphatic carbocycles. The number of para-hydroxylation sites is 2. The molecule has 2 heteroatoms. The molecule has 0 fully saturated rings. The Kier molecular flexibility index (Phi) is 2.21. The van der Waals surface area contributed by atoms with E-state index in [-0.39, 0.29) is 0 Å². The van der Waals surface area contributed by atoms with E-state index in [0.29, 0.717) is 6.04 Å². The van der Waals surface area contributed by atoms with E-state index in [1.807, 2.05) is 24.3 Å². The first-order valence-corrected chi connectivity index (χ1v) is 4.62. The highest BCUT2D eigenvalue weighted by Crippen LogP contribution is 2.21. The summed E-state index contributed by atoms with van der Waals surface area (Å²) in [5.41, 5.74) is 7.70. The number of nitrogens with two attached hydrogens (primary N) is 1. The number of rotatable bonds is 2. The minimum absolute atomic E-state index is 0.532. The highest BCUT2D eigenvalue weighted by molar-refractivity contribution is 5.66. The molecule has 2 rings (SSSR count). The maximum atomic E-state index is 5.82. The molecule has 1 aromatic rings. The lowest BCUT2D eigenvalue weighted by molar-refractivity contribution is 0.787. The Balaban J connectivity index is 2.05. The predicted octanol–water partition coefficient (Wildman–Crippen LogP) is 2.40. The lowest BCUT2D eigenvalue weighted by Crippen LogP contribution is -2.15. The summed E-state index contributed by atoms with van der Waals surface area (Å²) in [6.45, 7) is 0. The molecule has 0 aromatic heterocycles. The van der Waals surface area contributed by atoms with Crippen LogP contribution in [0.25, 0.3) is 0 Å². The molecule has 0 spiro atoms. The summed E-state index contributed by atoms with van der Waals surface area (Å²) in [5, 5.41) is 3.42. The van der Waals surface area contributed by atoms with Gasteiger partial charge in [-0.2, -0.15) is 0 Å². The van der Waals surface area contributed by atoms with Crippen LogP contribution in [0.3, 0.4) is 0 Å². The van der Waals surface area contributed by atoms with Crippen LogP contribution in [-0.2, 0) is 0 Å². The summed E-state index contributed by atoms with van der Waals surface area (Å²) in [5.74, 6) is 0. The van der Waals surface area contributed by atoms with Gasteiger partial charge >= 0.3 is 0 Å².